The van der Waals surface area contributed by atoms with Gasteiger partial charge in [0, 0.05) is 24.2 Å². The summed E-state index contributed by atoms with van der Waals surface area (Å²) in [5.74, 6) is 0.658. The SMILES string of the molecule is CCN(CC)S(=O)(=O)c1ccc(OC)c(NC(=O)C2c3ccccc3Oc3ccccc32)c1. The molecule has 1 heterocycles. The van der Waals surface area contributed by atoms with E-state index in [-0.39, 0.29) is 16.5 Å². The van der Waals surface area contributed by atoms with Crippen LogP contribution in [0, 0.1) is 0 Å². The third-order valence-electron chi connectivity index (χ3n) is 5.71. The zero-order chi connectivity index (χ0) is 23.6. The number of benzene rings is 3. The van der Waals surface area contributed by atoms with Gasteiger partial charge in [0.1, 0.15) is 17.2 Å². The number of carbonyl (C=O) groups excluding carboxylic acids is 1. The molecular weight excluding hydrogens is 440 g/mol. The highest BCUT2D eigenvalue weighted by atomic mass is 32.2. The van der Waals surface area contributed by atoms with Crippen molar-refractivity contribution >= 4 is 21.6 Å². The molecule has 8 heteroatoms. The van der Waals surface area contributed by atoms with Crippen LogP contribution in [0.5, 0.6) is 17.2 Å². The van der Waals surface area contributed by atoms with E-state index < -0.39 is 15.9 Å². The molecule has 3 aromatic carbocycles. The molecule has 0 fully saturated rings. The third kappa shape index (κ3) is 4.19. The Balaban J connectivity index is 1.74. The number of fused-ring (bicyclic) bond motifs is 2. The lowest BCUT2D eigenvalue weighted by Crippen LogP contribution is -2.30. The Kier molecular flexibility index (Phi) is 6.40. The number of rotatable bonds is 7. The Labute approximate surface area is 194 Å². The van der Waals surface area contributed by atoms with Gasteiger partial charge in [0.2, 0.25) is 15.9 Å². The van der Waals surface area contributed by atoms with E-state index in [1.54, 1.807) is 19.9 Å². The van der Waals surface area contributed by atoms with Gasteiger partial charge in [-0.15, -0.1) is 0 Å². The van der Waals surface area contributed by atoms with Crippen LogP contribution in [0.2, 0.25) is 0 Å². The first-order valence-electron chi connectivity index (χ1n) is 10.8. The Morgan fingerprint density at radius 2 is 1.55 bits per heavy atom. The summed E-state index contributed by atoms with van der Waals surface area (Å²) in [4.78, 5) is 13.7. The second-order valence-electron chi connectivity index (χ2n) is 7.55. The van der Waals surface area contributed by atoms with Crippen molar-refractivity contribution in [3.05, 3.63) is 77.9 Å². The van der Waals surface area contributed by atoms with Crippen LogP contribution in [0.25, 0.3) is 0 Å². The van der Waals surface area contributed by atoms with E-state index in [4.69, 9.17) is 9.47 Å². The smallest absolute Gasteiger partial charge is 0.243 e. The number of nitrogens with zero attached hydrogens (tertiary/aromatic N) is 1. The predicted octanol–water partition coefficient (Wildman–Crippen LogP) is 4.60. The third-order valence-corrected chi connectivity index (χ3v) is 7.76. The number of amides is 1. The molecule has 4 rings (SSSR count). The van der Waals surface area contributed by atoms with Gasteiger partial charge >= 0.3 is 0 Å². The molecule has 1 aliphatic rings. The maximum Gasteiger partial charge on any atom is 0.243 e. The van der Waals surface area contributed by atoms with Gasteiger partial charge in [0.05, 0.1) is 23.6 Å². The molecule has 0 saturated carbocycles. The van der Waals surface area contributed by atoms with Crippen molar-refractivity contribution in [2.75, 3.05) is 25.5 Å². The number of sulfonamides is 1. The standard InChI is InChI=1S/C25H26N2O5S/c1-4-27(5-2)33(29,30)17-14-15-23(31-3)20(16-17)26-25(28)24-18-10-6-8-12-21(18)32-22-13-9-7-11-19(22)24/h6-16,24H,4-5H2,1-3H3,(H,26,28). The van der Waals surface area contributed by atoms with E-state index in [1.807, 2.05) is 48.5 Å². The summed E-state index contributed by atoms with van der Waals surface area (Å²) in [6, 6.07) is 19.3. The highest BCUT2D eigenvalue weighted by Gasteiger charge is 2.33. The van der Waals surface area contributed by atoms with Crippen molar-refractivity contribution in [3.8, 4) is 17.2 Å². The van der Waals surface area contributed by atoms with Gasteiger partial charge in [0.15, 0.2) is 0 Å². The molecule has 0 atom stereocenters. The molecular formula is C25H26N2O5S. The molecule has 0 unspecified atom stereocenters. The molecule has 33 heavy (non-hydrogen) atoms. The van der Waals surface area contributed by atoms with Gasteiger partial charge in [-0.3, -0.25) is 4.79 Å². The van der Waals surface area contributed by atoms with Crippen LogP contribution in [-0.4, -0.2) is 38.8 Å². The van der Waals surface area contributed by atoms with Gasteiger partial charge in [-0.1, -0.05) is 50.2 Å². The summed E-state index contributed by atoms with van der Waals surface area (Å²) in [6.07, 6.45) is 0. The Morgan fingerprint density at radius 3 is 2.09 bits per heavy atom. The average Bonchev–Trinajstić information content (AvgIpc) is 2.82. The summed E-state index contributed by atoms with van der Waals surface area (Å²) in [7, 11) is -2.23. The van der Waals surface area contributed by atoms with Crippen LogP contribution < -0.4 is 14.8 Å². The summed E-state index contributed by atoms with van der Waals surface area (Å²) >= 11 is 0. The number of para-hydroxylation sites is 2. The zero-order valence-electron chi connectivity index (χ0n) is 18.7. The van der Waals surface area contributed by atoms with Crippen LogP contribution >= 0.6 is 0 Å². The Morgan fingerprint density at radius 1 is 0.970 bits per heavy atom. The van der Waals surface area contributed by atoms with E-state index >= 15 is 0 Å². The summed E-state index contributed by atoms with van der Waals surface area (Å²) in [5.41, 5.74) is 1.76. The fourth-order valence-electron chi connectivity index (χ4n) is 4.06. The molecule has 0 aliphatic carbocycles. The fraction of sp³-hybridized carbons (Fsp3) is 0.240. The van der Waals surface area contributed by atoms with Crippen molar-refractivity contribution < 1.29 is 22.7 Å². The van der Waals surface area contributed by atoms with Crippen molar-refractivity contribution in [1.82, 2.24) is 4.31 Å². The zero-order valence-corrected chi connectivity index (χ0v) is 19.6. The molecule has 0 radical (unpaired) electrons. The normalized spacial score (nSPS) is 13.1. The minimum absolute atomic E-state index is 0.0927. The van der Waals surface area contributed by atoms with Crippen LogP contribution in [-0.2, 0) is 14.8 Å². The highest BCUT2D eigenvalue weighted by Crippen LogP contribution is 2.44. The van der Waals surface area contributed by atoms with E-state index in [0.717, 1.165) is 11.1 Å². The molecule has 172 valence electrons. The minimum Gasteiger partial charge on any atom is -0.495 e. The van der Waals surface area contributed by atoms with Crippen LogP contribution in [0.1, 0.15) is 30.9 Å². The van der Waals surface area contributed by atoms with Gasteiger partial charge in [0.25, 0.3) is 0 Å². The number of ether oxygens (including phenoxy) is 2. The second-order valence-corrected chi connectivity index (χ2v) is 9.49. The van der Waals surface area contributed by atoms with E-state index in [1.165, 1.54) is 23.5 Å². The molecule has 1 aliphatic heterocycles. The maximum atomic E-state index is 13.6. The van der Waals surface area contributed by atoms with Crippen LogP contribution in [0.4, 0.5) is 5.69 Å². The largest absolute Gasteiger partial charge is 0.495 e. The van der Waals surface area contributed by atoms with E-state index in [9.17, 15) is 13.2 Å². The number of methoxy groups -OCH3 is 1. The number of hydrogen-bond donors (Lipinski definition) is 1. The number of carbonyl (C=O) groups is 1. The molecule has 0 spiro atoms. The summed E-state index contributed by atoms with van der Waals surface area (Å²) in [5, 5.41) is 2.90. The van der Waals surface area contributed by atoms with Crippen molar-refractivity contribution in [2.45, 2.75) is 24.7 Å². The maximum absolute atomic E-state index is 13.6. The lowest BCUT2D eigenvalue weighted by Gasteiger charge is -2.27. The number of anilines is 1. The van der Waals surface area contributed by atoms with Gasteiger partial charge < -0.3 is 14.8 Å². The van der Waals surface area contributed by atoms with Crippen molar-refractivity contribution in [3.63, 3.8) is 0 Å². The van der Waals surface area contributed by atoms with Crippen molar-refractivity contribution in [2.24, 2.45) is 0 Å². The second kappa shape index (κ2) is 9.25. The molecule has 0 saturated heterocycles. The molecule has 1 N–H and O–H groups in total. The lowest BCUT2D eigenvalue weighted by molar-refractivity contribution is -0.116. The predicted molar refractivity (Wildman–Crippen MR) is 127 cm³/mol. The first-order valence-corrected chi connectivity index (χ1v) is 12.2. The Bertz CT molecular complexity index is 1240. The average molecular weight is 467 g/mol. The summed E-state index contributed by atoms with van der Waals surface area (Å²) < 4.78 is 38.8. The van der Waals surface area contributed by atoms with Gasteiger partial charge in [-0.2, -0.15) is 4.31 Å². The quantitative estimate of drug-likeness (QED) is 0.550. The topological polar surface area (TPSA) is 84.9 Å². The lowest BCUT2D eigenvalue weighted by atomic mass is 9.87. The monoisotopic (exact) mass is 466 g/mol. The minimum atomic E-state index is -3.70. The van der Waals surface area contributed by atoms with Gasteiger partial charge in [-0.25, -0.2) is 8.42 Å². The summed E-state index contributed by atoms with van der Waals surface area (Å²) in [6.45, 7) is 4.27. The van der Waals surface area contributed by atoms with Gasteiger partial charge in [-0.05, 0) is 30.3 Å². The molecule has 0 bridgehead atoms. The Hall–Kier alpha value is -3.36. The molecule has 1 amide bonds. The van der Waals surface area contributed by atoms with Crippen LogP contribution in [0.15, 0.2) is 71.6 Å². The fourth-order valence-corrected chi connectivity index (χ4v) is 5.54. The molecule has 0 aromatic heterocycles. The van der Waals surface area contributed by atoms with Crippen LogP contribution in [0.3, 0.4) is 0 Å². The first-order chi connectivity index (χ1) is 15.9. The molecule has 7 nitrogen and oxygen atoms in total. The number of hydrogen-bond acceptors (Lipinski definition) is 5. The number of nitrogens with one attached hydrogen (secondary N) is 1. The van der Waals surface area contributed by atoms with E-state index in [2.05, 4.69) is 5.32 Å². The first kappa shape index (κ1) is 22.8. The van der Waals surface area contributed by atoms with E-state index in [0.29, 0.717) is 30.3 Å². The van der Waals surface area contributed by atoms with Crippen molar-refractivity contribution in [1.29, 1.82) is 0 Å². The molecule has 3 aromatic rings. The highest BCUT2D eigenvalue weighted by molar-refractivity contribution is 7.89.